The van der Waals surface area contributed by atoms with Gasteiger partial charge in [-0.05, 0) is 36.8 Å². The molecule has 2 amide bonds. The Hall–Kier alpha value is -3.85. The van der Waals surface area contributed by atoms with Crippen molar-refractivity contribution in [1.29, 1.82) is 0 Å². The van der Waals surface area contributed by atoms with Gasteiger partial charge in [0.15, 0.2) is 0 Å². The molecule has 1 aromatic heterocycles. The van der Waals surface area contributed by atoms with E-state index in [1.165, 1.54) is 30.5 Å². The van der Waals surface area contributed by atoms with Crippen LogP contribution >= 0.6 is 0 Å². The van der Waals surface area contributed by atoms with E-state index in [9.17, 15) is 14.0 Å². The maximum atomic E-state index is 13.3. The second kappa shape index (κ2) is 11.3. The van der Waals surface area contributed by atoms with Crippen LogP contribution < -0.4 is 4.74 Å². The molecule has 9 heteroatoms. The van der Waals surface area contributed by atoms with Crippen LogP contribution in [-0.2, 0) is 16.1 Å². The van der Waals surface area contributed by atoms with Gasteiger partial charge in [0.05, 0.1) is 31.5 Å². The fourth-order valence-corrected chi connectivity index (χ4v) is 4.03. The van der Waals surface area contributed by atoms with Gasteiger partial charge in [0.2, 0.25) is 5.91 Å². The predicted molar refractivity (Wildman–Crippen MR) is 131 cm³/mol. The second-order valence-corrected chi connectivity index (χ2v) is 8.96. The minimum atomic E-state index is -1.09. The first-order chi connectivity index (χ1) is 17.3. The van der Waals surface area contributed by atoms with E-state index in [1.54, 1.807) is 30.0 Å². The third-order valence-corrected chi connectivity index (χ3v) is 6.01. The summed E-state index contributed by atoms with van der Waals surface area (Å²) in [6.45, 7) is 2.95. The Morgan fingerprint density at radius 2 is 1.86 bits per heavy atom. The SMILES string of the molecule is Cc1cnc(C(=O)N2CCO[C@](COc3ccc(F)cc3)(CC(=O)N(C)Cc3ccccc3)C2)cn1. The lowest BCUT2D eigenvalue weighted by atomic mass is 9.96. The van der Waals surface area contributed by atoms with Crippen LogP contribution in [0.4, 0.5) is 4.39 Å². The lowest BCUT2D eigenvalue weighted by Crippen LogP contribution is -2.58. The molecule has 8 nitrogen and oxygen atoms in total. The molecule has 3 aromatic rings. The minimum absolute atomic E-state index is 0.000878. The second-order valence-electron chi connectivity index (χ2n) is 8.96. The van der Waals surface area contributed by atoms with Crippen molar-refractivity contribution in [3.05, 3.63) is 89.8 Å². The van der Waals surface area contributed by atoms with Crippen LogP contribution in [0, 0.1) is 12.7 Å². The molecule has 188 valence electrons. The standard InChI is InChI=1S/C27H29FN4O4/c1-20-15-30-24(16-29-20)26(34)32-12-13-36-27(18-32,19-35-23-10-8-22(28)9-11-23)14-25(33)31(2)17-21-6-4-3-5-7-21/h3-11,15-16H,12-14,17-19H2,1-2H3/t27-/m1/s1. The topological polar surface area (TPSA) is 84.9 Å². The summed E-state index contributed by atoms with van der Waals surface area (Å²) in [4.78, 5) is 38.1. The third kappa shape index (κ3) is 6.42. The van der Waals surface area contributed by atoms with Gasteiger partial charge >= 0.3 is 0 Å². The molecular formula is C27H29FN4O4. The summed E-state index contributed by atoms with van der Waals surface area (Å²) in [6.07, 6.45) is 2.99. The molecule has 0 aliphatic carbocycles. The Morgan fingerprint density at radius 3 is 2.56 bits per heavy atom. The molecule has 1 saturated heterocycles. The van der Waals surface area contributed by atoms with Crippen molar-refractivity contribution in [1.82, 2.24) is 19.8 Å². The summed E-state index contributed by atoms with van der Waals surface area (Å²) in [7, 11) is 1.73. The summed E-state index contributed by atoms with van der Waals surface area (Å²) >= 11 is 0. The zero-order valence-electron chi connectivity index (χ0n) is 20.4. The first-order valence-corrected chi connectivity index (χ1v) is 11.7. The number of aromatic nitrogens is 2. The Balaban J connectivity index is 1.52. The maximum Gasteiger partial charge on any atom is 0.274 e. The van der Waals surface area contributed by atoms with Gasteiger partial charge in [-0.3, -0.25) is 14.6 Å². The predicted octanol–water partition coefficient (Wildman–Crippen LogP) is 3.26. The highest BCUT2D eigenvalue weighted by Gasteiger charge is 2.42. The van der Waals surface area contributed by atoms with Crippen LogP contribution in [0.2, 0.25) is 0 Å². The van der Waals surface area contributed by atoms with Gasteiger partial charge in [-0.25, -0.2) is 9.37 Å². The van der Waals surface area contributed by atoms with Gasteiger partial charge in [0.1, 0.15) is 29.5 Å². The summed E-state index contributed by atoms with van der Waals surface area (Å²) in [5.74, 6) is -0.370. The van der Waals surface area contributed by atoms with Crippen LogP contribution in [0.5, 0.6) is 5.75 Å². The van der Waals surface area contributed by atoms with Crippen molar-refractivity contribution in [3.8, 4) is 5.75 Å². The average molecular weight is 493 g/mol. The molecule has 36 heavy (non-hydrogen) atoms. The van der Waals surface area contributed by atoms with Crippen LogP contribution in [0.15, 0.2) is 67.0 Å². The largest absolute Gasteiger partial charge is 0.490 e. The van der Waals surface area contributed by atoms with E-state index in [-0.39, 0.29) is 49.5 Å². The molecule has 0 unspecified atom stereocenters. The Labute approximate surface area is 209 Å². The monoisotopic (exact) mass is 492 g/mol. The van der Waals surface area contributed by atoms with E-state index < -0.39 is 5.60 Å². The summed E-state index contributed by atoms with van der Waals surface area (Å²) in [5, 5.41) is 0. The molecule has 2 heterocycles. The van der Waals surface area contributed by atoms with E-state index in [4.69, 9.17) is 9.47 Å². The molecule has 0 saturated carbocycles. The van der Waals surface area contributed by atoms with Gasteiger partial charge in [0.25, 0.3) is 5.91 Å². The van der Waals surface area contributed by atoms with Crippen molar-refractivity contribution in [2.24, 2.45) is 0 Å². The molecule has 1 fully saturated rings. The van der Waals surface area contributed by atoms with E-state index in [1.807, 2.05) is 30.3 Å². The summed E-state index contributed by atoms with van der Waals surface area (Å²) in [6, 6.07) is 15.3. The fraction of sp³-hybridized carbons (Fsp3) is 0.333. The normalized spacial score (nSPS) is 17.5. The average Bonchev–Trinajstić information content (AvgIpc) is 2.89. The molecule has 2 aromatic carbocycles. The van der Waals surface area contributed by atoms with Crippen molar-refractivity contribution in [2.45, 2.75) is 25.5 Å². The number of benzene rings is 2. The van der Waals surface area contributed by atoms with Gasteiger partial charge in [-0.15, -0.1) is 0 Å². The van der Waals surface area contributed by atoms with Crippen molar-refractivity contribution in [3.63, 3.8) is 0 Å². The summed E-state index contributed by atoms with van der Waals surface area (Å²) < 4.78 is 25.4. The van der Waals surface area contributed by atoms with Crippen LogP contribution in [0.25, 0.3) is 0 Å². The van der Waals surface area contributed by atoms with E-state index in [0.29, 0.717) is 24.5 Å². The molecule has 0 spiro atoms. The Morgan fingerprint density at radius 1 is 1.11 bits per heavy atom. The van der Waals surface area contributed by atoms with Crippen LogP contribution in [0.1, 0.15) is 28.2 Å². The van der Waals surface area contributed by atoms with Crippen LogP contribution in [-0.4, -0.2) is 70.5 Å². The molecule has 0 N–H and O–H groups in total. The number of amides is 2. The highest BCUT2D eigenvalue weighted by Crippen LogP contribution is 2.26. The lowest BCUT2D eigenvalue weighted by Gasteiger charge is -2.42. The fourth-order valence-electron chi connectivity index (χ4n) is 4.03. The smallest absolute Gasteiger partial charge is 0.274 e. The van der Waals surface area contributed by atoms with Gasteiger partial charge in [0, 0.05) is 26.3 Å². The molecule has 1 atom stereocenters. The maximum absolute atomic E-state index is 13.3. The lowest BCUT2D eigenvalue weighted by molar-refractivity contribution is -0.152. The van der Waals surface area contributed by atoms with Crippen LogP contribution in [0.3, 0.4) is 0 Å². The number of morpholine rings is 1. The first kappa shape index (κ1) is 25.2. The number of hydrogen-bond acceptors (Lipinski definition) is 6. The molecule has 4 rings (SSSR count). The Bertz CT molecular complexity index is 1170. The Kier molecular flexibility index (Phi) is 7.90. The number of aryl methyl sites for hydroxylation is 1. The zero-order valence-corrected chi connectivity index (χ0v) is 20.4. The highest BCUT2D eigenvalue weighted by molar-refractivity contribution is 5.92. The number of ether oxygens (including phenoxy) is 2. The van der Waals surface area contributed by atoms with Gasteiger partial charge in [-0.2, -0.15) is 0 Å². The number of halogens is 1. The van der Waals surface area contributed by atoms with Crippen molar-refractivity contribution in [2.75, 3.05) is 33.4 Å². The number of nitrogens with zero attached hydrogens (tertiary/aromatic N) is 4. The number of carbonyl (C=O) groups is 2. The van der Waals surface area contributed by atoms with Gasteiger partial charge < -0.3 is 19.3 Å². The molecule has 1 aliphatic heterocycles. The number of hydrogen-bond donors (Lipinski definition) is 0. The van der Waals surface area contributed by atoms with E-state index >= 15 is 0 Å². The quantitative estimate of drug-likeness (QED) is 0.480. The van der Waals surface area contributed by atoms with E-state index in [2.05, 4.69) is 9.97 Å². The highest BCUT2D eigenvalue weighted by atomic mass is 19.1. The number of carbonyl (C=O) groups excluding carboxylic acids is 2. The molecule has 0 bridgehead atoms. The van der Waals surface area contributed by atoms with Crippen molar-refractivity contribution < 1.29 is 23.5 Å². The first-order valence-electron chi connectivity index (χ1n) is 11.7. The summed E-state index contributed by atoms with van der Waals surface area (Å²) in [5.41, 5.74) is 0.845. The van der Waals surface area contributed by atoms with Crippen molar-refractivity contribution >= 4 is 11.8 Å². The zero-order chi connectivity index (χ0) is 25.5. The molecule has 0 radical (unpaired) electrons. The number of rotatable bonds is 8. The minimum Gasteiger partial charge on any atom is -0.490 e. The third-order valence-electron chi connectivity index (χ3n) is 6.01. The van der Waals surface area contributed by atoms with Gasteiger partial charge in [-0.1, -0.05) is 30.3 Å². The molecular weight excluding hydrogens is 463 g/mol. The van der Waals surface area contributed by atoms with E-state index in [0.717, 1.165) is 5.56 Å². The molecule has 1 aliphatic rings.